The number of carbonyl (C=O) groups is 4. The number of esters is 1. The fraction of sp³-hybridized carbons (Fsp3) is 0.158. The number of ether oxygens (including phenoxy) is 1. The van der Waals surface area contributed by atoms with Crippen molar-refractivity contribution in [2.24, 2.45) is 0 Å². The zero-order valence-electron chi connectivity index (χ0n) is 14.6. The fourth-order valence-electron chi connectivity index (χ4n) is 2.46. The van der Waals surface area contributed by atoms with E-state index >= 15 is 0 Å². The summed E-state index contributed by atoms with van der Waals surface area (Å²) in [5.41, 5.74) is 0.932. The number of nitrogens with one attached hydrogen (secondary N) is 1. The molecule has 8 nitrogen and oxygen atoms in total. The van der Waals surface area contributed by atoms with Gasteiger partial charge in [0.25, 0.3) is 11.8 Å². The van der Waals surface area contributed by atoms with Crippen molar-refractivity contribution in [1.82, 2.24) is 10.2 Å². The second kappa shape index (κ2) is 7.28. The summed E-state index contributed by atoms with van der Waals surface area (Å²) in [6, 6.07) is 9.13. The SMILES string of the molecule is CCOC(=O)c1ccc(-c2ccc(C=C3C(=O)NC(=O)N(C)C3=O)o2)cc1. The van der Waals surface area contributed by atoms with E-state index in [1.807, 2.05) is 0 Å². The van der Waals surface area contributed by atoms with Crippen LogP contribution in [0, 0.1) is 0 Å². The molecule has 27 heavy (non-hydrogen) atoms. The predicted molar refractivity (Wildman–Crippen MR) is 94.4 cm³/mol. The molecule has 138 valence electrons. The maximum atomic E-state index is 12.1. The molecule has 0 atom stereocenters. The van der Waals surface area contributed by atoms with Crippen LogP contribution < -0.4 is 5.32 Å². The third-order valence-electron chi connectivity index (χ3n) is 3.90. The van der Waals surface area contributed by atoms with E-state index in [4.69, 9.17) is 9.15 Å². The van der Waals surface area contributed by atoms with Crippen molar-refractivity contribution < 1.29 is 28.3 Å². The molecule has 0 bridgehead atoms. The van der Waals surface area contributed by atoms with E-state index in [1.54, 1.807) is 43.3 Å². The maximum Gasteiger partial charge on any atom is 0.338 e. The highest BCUT2D eigenvalue weighted by atomic mass is 16.5. The van der Waals surface area contributed by atoms with Crippen molar-refractivity contribution >= 4 is 29.9 Å². The molecular formula is C19H16N2O6. The van der Waals surface area contributed by atoms with Crippen LogP contribution in [0.2, 0.25) is 0 Å². The minimum Gasteiger partial charge on any atom is -0.462 e. The number of amides is 4. The van der Waals surface area contributed by atoms with E-state index in [1.165, 1.54) is 13.1 Å². The van der Waals surface area contributed by atoms with Gasteiger partial charge < -0.3 is 9.15 Å². The Morgan fingerprint density at radius 1 is 1.15 bits per heavy atom. The average Bonchev–Trinajstić information content (AvgIpc) is 3.12. The molecule has 1 aromatic heterocycles. The Kier molecular flexibility index (Phi) is 4.89. The van der Waals surface area contributed by atoms with E-state index in [0.29, 0.717) is 23.5 Å². The van der Waals surface area contributed by atoms with Crippen LogP contribution in [0.3, 0.4) is 0 Å². The van der Waals surface area contributed by atoms with Gasteiger partial charge in [-0.3, -0.25) is 19.8 Å². The monoisotopic (exact) mass is 368 g/mol. The zero-order valence-corrected chi connectivity index (χ0v) is 14.6. The second-order valence-electron chi connectivity index (χ2n) is 5.68. The van der Waals surface area contributed by atoms with Crippen molar-refractivity contribution in [3.8, 4) is 11.3 Å². The lowest BCUT2D eigenvalue weighted by atomic mass is 10.1. The van der Waals surface area contributed by atoms with Gasteiger partial charge in [0.2, 0.25) is 0 Å². The highest BCUT2D eigenvalue weighted by Gasteiger charge is 2.33. The quantitative estimate of drug-likeness (QED) is 0.504. The number of benzene rings is 1. The Labute approximate surface area is 154 Å². The number of imide groups is 2. The molecule has 0 radical (unpaired) electrons. The number of hydrogen-bond acceptors (Lipinski definition) is 6. The molecule has 0 unspecified atom stereocenters. The van der Waals surface area contributed by atoms with Gasteiger partial charge in [0, 0.05) is 12.6 Å². The largest absolute Gasteiger partial charge is 0.462 e. The van der Waals surface area contributed by atoms with E-state index < -0.39 is 23.8 Å². The number of nitrogens with zero attached hydrogens (tertiary/aromatic N) is 1. The second-order valence-corrected chi connectivity index (χ2v) is 5.68. The molecule has 1 fully saturated rings. The van der Waals surface area contributed by atoms with Crippen LogP contribution in [-0.2, 0) is 14.3 Å². The van der Waals surface area contributed by atoms with Crippen LogP contribution >= 0.6 is 0 Å². The van der Waals surface area contributed by atoms with Crippen LogP contribution in [0.5, 0.6) is 0 Å². The van der Waals surface area contributed by atoms with Gasteiger partial charge in [0.05, 0.1) is 12.2 Å². The number of hydrogen-bond donors (Lipinski definition) is 1. The first-order valence-electron chi connectivity index (χ1n) is 8.13. The van der Waals surface area contributed by atoms with Gasteiger partial charge in [0.1, 0.15) is 17.1 Å². The third kappa shape index (κ3) is 3.64. The highest BCUT2D eigenvalue weighted by Crippen LogP contribution is 2.24. The van der Waals surface area contributed by atoms with Crippen LogP contribution in [-0.4, -0.2) is 42.4 Å². The van der Waals surface area contributed by atoms with Crippen molar-refractivity contribution in [1.29, 1.82) is 0 Å². The van der Waals surface area contributed by atoms with Gasteiger partial charge in [-0.05, 0) is 37.3 Å². The summed E-state index contributed by atoms with van der Waals surface area (Å²) >= 11 is 0. The summed E-state index contributed by atoms with van der Waals surface area (Å²) in [5.74, 6) is -1.12. The minimum absolute atomic E-state index is 0.198. The average molecular weight is 368 g/mol. The molecule has 8 heteroatoms. The molecule has 1 aromatic carbocycles. The van der Waals surface area contributed by atoms with Crippen molar-refractivity contribution in [2.45, 2.75) is 6.92 Å². The first-order valence-corrected chi connectivity index (χ1v) is 8.13. The summed E-state index contributed by atoms with van der Waals surface area (Å²) in [4.78, 5) is 47.8. The number of likely N-dealkylation sites (N-methyl/N-ethyl adjacent to an activating group) is 1. The molecule has 0 saturated carbocycles. The molecular weight excluding hydrogens is 352 g/mol. The highest BCUT2D eigenvalue weighted by molar-refractivity contribution is 6.30. The summed E-state index contributed by atoms with van der Waals surface area (Å²) in [7, 11) is 1.27. The lowest BCUT2D eigenvalue weighted by molar-refractivity contribution is -0.129. The smallest absolute Gasteiger partial charge is 0.338 e. The summed E-state index contributed by atoms with van der Waals surface area (Å²) in [5, 5.41) is 2.07. The van der Waals surface area contributed by atoms with Crippen LogP contribution in [0.15, 0.2) is 46.4 Å². The molecule has 2 heterocycles. The number of barbiturate groups is 1. The predicted octanol–water partition coefficient (Wildman–Crippen LogP) is 2.21. The normalized spacial score (nSPS) is 15.9. The van der Waals surface area contributed by atoms with Crippen LogP contribution in [0.1, 0.15) is 23.0 Å². The third-order valence-corrected chi connectivity index (χ3v) is 3.90. The van der Waals surface area contributed by atoms with Crippen LogP contribution in [0.25, 0.3) is 17.4 Å². The molecule has 1 saturated heterocycles. The molecule has 3 rings (SSSR count). The topological polar surface area (TPSA) is 106 Å². The van der Waals surface area contributed by atoms with Gasteiger partial charge in [0.15, 0.2) is 0 Å². The molecule has 0 aliphatic carbocycles. The van der Waals surface area contributed by atoms with E-state index in [-0.39, 0.29) is 11.3 Å². The Balaban J connectivity index is 1.83. The van der Waals surface area contributed by atoms with Crippen LogP contribution in [0.4, 0.5) is 4.79 Å². The summed E-state index contributed by atoms with van der Waals surface area (Å²) in [6.07, 6.45) is 1.27. The molecule has 0 spiro atoms. The van der Waals surface area contributed by atoms with Crippen molar-refractivity contribution in [2.75, 3.05) is 13.7 Å². The Morgan fingerprint density at radius 2 is 1.85 bits per heavy atom. The Hall–Kier alpha value is -3.68. The number of rotatable bonds is 4. The Morgan fingerprint density at radius 3 is 2.52 bits per heavy atom. The van der Waals surface area contributed by atoms with Gasteiger partial charge in [-0.25, -0.2) is 9.59 Å². The minimum atomic E-state index is -0.778. The lowest BCUT2D eigenvalue weighted by Gasteiger charge is -2.21. The van der Waals surface area contributed by atoms with Crippen molar-refractivity contribution in [3.05, 3.63) is 53.3 Å². The van der Waals surface area contributed by atoms with Gasteiger partial charge >= 0.3 is 12.0 Å². The fourth-order valence-corrected chi connectivity index (χ4v) is 2.46. The lowest BCUT2D eigenvalue weighted by Crippen LogP contribution is -2.52. The zero-order chi connectivity index (χ0) is 19.6. The summed E-state index contributed by atoms with van der Waals surface area (Å²) in [6.45, 7) is 2.03. The van der Waals surface area contributed by atoms with Gasteiger partial charge in [-0.2, -0.15) is 0 Å². The molecule has 1 aliphatic rings. The summed E-state index contributed by atoms with van der Waals surface area (Å²) < 4.78 is 10.6. The molecule has 4 amide bonds. The van der Waals surface area contributed by atoms with Crippen molar-refractivity contribution in [3.63, 3.8) is 0 Å². The number of carbonyl (C=O) groups excluding carboxylic acids is 4. The van der Waals surface area contributed by atoms with E-state index in [0.717, 1.165) is 4.90 Å². The van der Waals surface area contributed by atoms with Gasteiger partial charge in [-0.15, -0.1) is 0 Å². The molecule has 1 N–H and O–H groups in total. The number of urea groups is 1. The first-order chi connectivity index (χ1) is 12.9. The Bertz CT molecular complexity index is 955. The van der Waals surface area contributed by atoms with E-state index in [9.17, 15) is 19.2 Å². The molecule has 1 aliphatic heterocycles. The number of furan rings is 1. The maximum absolute atomic E-state index is 12.1. The van der Waals surface area contributed by atoms with Gasteiger partial charge in [-0.1, -0.05) is 12.1 Å². The van der Waals surface area contributed by atoms with E-state index in [2.05, 4.69) is 5.32 Å². The standard InChI is InChI=1S/C19H16N2O6/c1-3-26-18(24)12-6-4-11(5-7-12)15-9-8-13(27-15)10-14-16(22)20-19(25)21(2)17(14)23/h4-10H,3H2,1-2H3,(H,20,22,25). The first kappa shape index (κ1) is 18.1. The molecule has 2 aromatic rings.